The Balaban J connectivity index is 2.12. The summed E-state index contributed by atoms with van der Waals surface area (Å²) in [7, 11) is 0. The lowest BCUT2D eigenvalue weighted by molar-refractivity contribution is -0.137. The Hall–Kier alpha value is -1.72. The molecule has 0 radical (unpaired) electrons. The molecule has 0 saturated carbocycles. The molecule has 2 aromatic rings. The first-order chi connectivity index (χ1) is 10.9. The van der Waals surface area contributed by atoms with Crippen molar-refractivity contribution in [2.45, 2.75) is 25.6 Å². The van der Waals surface area contributed by atoms with Gasteiger partial charge in [0.2, 0.25) is 0 Å². The molecule has 6 heteroatoms. The number of rotatable bonds is 6. The number of aryl methyl sites for hydroxylation is 1. The SMILES string of the molecule is NCCCc1cc(Cl)ccc1OCc1cccc(C(F)(F)F)c1. The van der Waals surface area contributed by atoms with Crippen molar-refractivity contribution in [2.75, 3.05) is 6.54 Å². The average Bonchev–Trinajstić information content (AvgIpc) is 2.51. The molecule has 0 amide bonds. The molecular weight excluding hydrogens is 327 g/mol. The van der Waals surface area contributed by atoms with E-state index in [9.17, 15) is 13.2 Å². The van der Waals surface area contributed by atoms with E-state index in [1.807, 2.05) is 0 Å². The summed E-state index contributed by atoms with van der Waals surface area (Å²) in [5.74, 6) is 0.611. The molecule has 0 fully saturated rings. The van der Waals surface area contributed by atoms with E-state index in [2.05, 4.69) is 0 Å². The van der Waals surface area contributed by atoms with Gasteiger partial charge < -0.3 is 10.5 Å². The quantitative estimate of drug-likeness (QED) is 0.815. The summed E-state index contributed by atoms with van der Waals surface area (Å²) >= 11 is 5.97. The lowest BCUT2D eigenvalue weighted by atomic mass is 10.1. The van der Waals surface area contributed by atoms with Gasteiger partial charge in [-0.25, -0.2) is 0 Å². The third kappa shape index (κ3) is 5.15. The van der Waals surface area contributed by atoms with Crippen molar-refractivity contribution in [3.8, 4) is 5.75 Å². The van der Waals surface area contributed by atoms with Crippen LogP contribution in [0.5, 0.6) is 5.75 Å². The van der Waals surface area contributed by atoms with Crippen molar-refractivity contribution in [2.24, 2.45) is 5.73 Å². The lowest BCUT2D eigenvalue weighted by Crippen LogP contribution is -2.06. The van der Waals surface area contributed by atoms with E-state index in [0.29, 0.717) is 29.3 Å². The molecule has 2 nitrogen and oxygen atoms in total. The van der Waals surface area contributed by atoms with Crippen molar-refractivity contribution in [3.05, 3.63) is 64.2 Å². The Morgan fingerprint density at radius 3 is 2.57 bits per heavy atom. The maximum absolute atomic E-state index is 12.7. The van der Waals surface area contributed by atoms with E-state index in [4.69, 9.17) is 22.1 Å². The number of hydrogen-bond donors (Lipinski definition) is 1. The molecule has 0 aliphatic rings. The normalized spacial score (nSPS) is 11.5. The van der Waals surface area contributed by atoms with Crippen LogP contribution in [-0.2, 0) is 19.2 Å². The van der Waals surface area contributed by atoms with Crippen LogP contribution in [0.1, 0.15) is 23.1 Å². The minimum absolute atomic E-state index is 0.0567. The van der Waals surface area contributed by atoms with Crippen LogP contribution in [0.3, 0.4) is 0 Å². The van der Waals surface area contributed by atoms with Crippen LogP contribution in [0.25, 0.3) is 0 Å². The van der Waals surface area contributed by atoms with Crippen LogP contribution >= 0.6 is 11.6 Å². The fourth-order valence-electron chi connectivity index (χ4n) is 2.18. The maximum Gasteiger partial charge on any atom is 0.416 e. The van der Waals surface area contributed by atoms with Gasteiger partial charge in [0, 0.05) is 5.02 Å². The van der Waals surface area contributed by atoms with Crippen molar-refractivity contribution in [3.63, 3.8) is 0 Å². The van der Waals surface area contributed by atoms with Crippen molar-refractivity contribution < 1.29 is 17.9 Å². The topological polar surface area (TPSA) is 35.2 Å². The van der Waals surface area contributed by atoms with Crippen LogP contribution in [-0.4, -0.2) is 6.54 Å². The summed E-state index contributed by atoms with van der Waals surface area (Å²) in [6, 6.07) is 10.3. The molecule has 23 heavy (non-hydrogen) atoms. The number of nitrogens with two attached hydrogens (primary N) is 1. The Labute approximate surface area is 138 Å². The molecule has 0 saturated heterocycles. The van der Waals surface area contributed by atoms with Crippen LogP contribution in [0.2, 0.25) is 5.02 Å². The summed E-state index contributed by atoms with van der Waals surface area (Å²) in [4.78, 5) is 0. The predicted octanol–water partition coefficient (Wildman–Crippen LogP) is 4.83. The Kier molecular flexibility index (Phi) is 5.91. The first-order valence-electron chi connectivity index (χ1n) is 7.17. The van der Waals surface area contributed by atoms with Gasteiger partial charge in [0.05, 0.1) is 5.56 Å². The zero-order valence-electron chi connectivity index (χ0n) is 12.4. The van der Waals surface area contributed by atoms with Gasteiger partial charge in [0.25, 0.3) is 0 Å². The highest BCUT2D eigenvalue weighted by molar-refractivity contribution is 6.30. The molecule has 0 spiro atoms. The molecule has 0 aliphatic carbocycles. The molecule has 2 aromatic carbocycles. The Morgan fingerprint density at radius 2 is 1.87 bits per heavy atom. The van der Waals surface area contributed by atoms with Gasteiger partial charge in [-0.3, -0.25) is 0 Å². The minimum atomic E-state index is -4.36. The smallest absolute Gasteiger partial charge is 0.416 e. The molecule has 124 valence electrons. The summed E-state index contributed by atoms with van der Waals surface area (Å²) in [6.45, 7) is 0.598. The van der Waals surface area contributed by atoms with Crippen LogP contribution < -0.4 is 10.5 Å². The van der Waals surface area contributed by atoms with Crippen LogP contribution in [0.4, 0.5) is 13.2 Å². The molecular formula is C17H17ClF3NO. The van der Waals surface area contributed by atoms with Crippen LogP contribution in [0.15, 0.2) is 42.5 Å². The van der Waals surface area contributed by atoms with Crippen molar-refractivity contribution in [1.29, 1.82) is 0 Å². The summed E-state index contributed by atoms with van der Waals surface area (Å²) in [5.41, 5.74) is 6.18. The minimum Gasteiger partial charge on any atom is -0.489 e. The highest BCUT2D eigenvalue weighted by Gasteiger charge is 2.30. The van der Waals surface area contributed by atoms with E-state index in [0.717, 1.165) is 24.1 Å². The molecule has 0 unspecified atom stereocenters. The number of benzene rings is 2. The second kappa shape index (κ2) is 7.70. The molecule has 0 aromatic heterocycles. The van der Waals surface area contributed by atoms with E-state index in [-0.39, 0.29) is 6.61 Å². The zero-order valence-corrected chi connectivity index (χ0v) is 13.1. The molecule has 0 aliphatic heterocycles. The predicted molar refractivity (Wildman–Crippen MR) is 84.6 cm³/mol. The van der Waals surface area contributed by atoms with Gasteiger partial charge in [0.15, 0.2) is 0 Å². The van der Waals surface area contributed by atoms with Crippen molar-refractivity contribution in [1.82, 2.24) is 0 Å². The molecule has 0 bridgehead atoms. The molecule has 2 N–H and O–H groups in total. The second-order valence-electron chi connectivity index (χ2n) is 5.13. The van der Waals surface area contributed by atoms with E-state index in [1.54, 1.807) is 24.3 Å². The Bertz CT molecular complexity index is 659. The number of alkyl halides is 3. The van der Waals surface area contributed by atoms with Crippen molar-refractivity contribution >= 4 is 11.6 Å². The zero-order chi connectivity index (χ0) is 16.9. The van der Waals surface area contributed by atoms with Gasteiger partial charge in [-0.1, -0.05) is 23.7 Å². The highest BCUT2D eigenvalue weighted by Crippen LogP contribution is 2.30. The summed E-state index contributed by atoms with van der Waals surface area (Å²) in [6.07, 6.45) is -2.88. The fraction of sp³-hybridized carbons (Fsp3) is 0.294. The highest BCUT2D eigenvalue weighted by atomic mass is 35.5. The van der Waals surface area contributed by atoms with E-state index < -0.39 is 11.7 Å². The van der Waals surface area contributed by atoms with Gasteiger partial charge >= 0.3 is 6.18 Å². The van der Waals surface area contributed by atoms with Crippen LogP contribution in [0, 0.1) is 0 Å². The number of hydrogen-bond acceptors (Lipinski definition) is 2. The second-order valence-corrected chi connectivity index (χ2v) is 5.57. The Morgan fingerprint density at radius 1 is 1.09 bits per heavy atom. The third-order valence-electron chi connectivity index (χ3n) is 3.32. The lowest BCUT2D eigenvalue weighted by Gasteiger charge is -2.13. The maximum atomic E-state index is 12.7. The largest absolute Gasteiger partial charge is 0.489 e. The van der Waals surface area contributed by atoms with Gasteiger partial charge in [0.1, 0.15) is 12.4 Å². The molecule has 0 heterocycles. The molecule has 0 atom stereocenters. The monoisotopic (exact) mass is 343 g/mol. The summed E-state index contributed by atoms with van der Waals surface area (Å²) in [5, 5.41) is 0.587. The number of halogens is 4. The first kappa shape index (κ1) is 17.6. The first-order valence-corrected chi connectivity index (χ1v) is 7.55. The van der Waals surface area contributed by atoms with E-state index in [1.165, 1.54) is 6.07 Å². The summed E-state index contributed by atoms with van der Waals surface area (Å²) < 4.78 is 43.8. The van der Waals surface area contributed by atoms with Gasteiger partial charge in [-0.15, -0.1) is 0 Å². The standard InChI is InChI=1S/C17H17ClF3NO/c18-15-6-7-16(13(10-15)4-2-8-22)23-11-12-3-1-5-14(9-12)17(19,20)21/h1,3,5-7,9-10H,2,4,8,11,22H2. The van der Waals surface area contributed by atoms with E-state index >= 15 is 0 Å². The molecule has 2 rings (SSSR count). The average molecular weight is 344 g/mol. The van der Waals surface area contributed by atoms with Gasteiger partial charge in [-0.05, 0) is 60.8 Å². The van der Waals surface area contributed by atoms with Gasteiger partial charge in [-0.2, -0.15) is 13.2 Å². The third-order valence-corrected chi connectivity index (χ3v) is 3.56. The number of ether oxygens (including phenoxy) is 1. The fourth-order valence-corrected chi connectivity index (χ4v) is 2.37.